The zero-order valence-electron chi connectivity index (χ0n) is 15.8. The van der Waals surface area contributed by atoms with Crippen molar-refractivity contribution in [2.45, 2.75) is 0 Å². The summed E-state index contributed by atoms with van der Waals surface area (Å²) in [7, 11) is 3.28. The SMILES string of the molecule is COc1ccc(OCCN2C(=O)C(c3cccs3)=C(N(C)CCO)C2=O)cc1. The molecule has 0 radical (unpaired) electrons. The summed E-state index contributed by atoms with van der Waals surface area (Å²) in [4.78, 5) is 29.4. The van der Waals surface area contributed by atoms with Crippen LogP contribution in [0.2, 0.25) is 0 Å². The Labute approximate surface area is 167 Å². The van der Waals surface area contributed by atoms with Gasteiger partial charge in [0, 0.05) is 18.5 Å². The summed E-state index contributed by atoms with van der Waals surface area (Å²) >= 11 is 1.40. The van der Waals surface area contributed by atoms with Crippen molar-refractivity contribution in [1.82, 2.24) is 9.80 Å². The van der Waals surface area contributed by atoms with Crippen LogP contribution in [0.15, 0.2) is 47.5 Å². The Balaban J connectivity index is 1.72. The van der Waals surface area contributed by atoms with E-state index in [1.54, 1.807) is 43.3 Å². The van der Waals surface area contributed by atoms with Crippen LogP contribution >= 0.6 is 11.3 Å². The third-order valence-corrected chi connectivity index (χ3v) is 5.26. The van der Waals surface area contributed by atoms with Gasteiger partial charge in [0.25, 0.3) is 11.8 Å². The lowest BCUT2D eigenvalue weighted by Gasteiger charge is -2.20. The molecule has 3 rings (SSSR count). The van der Waals surface area contributed by atoms with Crippen LogP contribution in [0.4, 0.5) is 0 Å². The molecule has 2 aromatic rings. The number of aliphatic hydroxyl groups excluding tert-OH is 1. The molecule has 148 valence electrons. The number of ether oxygens (including phenoxy) is 2. The molecule has 28 heavy (non-hydrogen) atoms. The van der Waals surface area contributed by atoms with Gasteiger partial charge in [0.05, 0.1) is 25.8 Å². The summed E-state index contributed by atoms with van der Waals surface area (Å²) in [5.41, 5.74) is 0.686. The van der Waals surface area contributed by atoms with Gasteiger partial charge < -0.3 is 19.5 Å². The Morgan fingerprint density at radius 1 is 1.11 bits per heavy atom. The van der Waals surface area contributed by atoms with Gasteiger partial charge in [-0.3, -0.25) is 14.5 Å². The number of thiophene rings is 1. The second-order valence-electron chi connectivity index (χ2n) is 6.13. The molecule has 1 aliphatic rings. The van der Waals surface area contributed by atoms with Gasteiger partial charge >= 0.3 is 0 Å². The quantitative estimate of drug-likeness (QED) is 0.645. The van der Waals surface area contributed by atoms with Crippen molar-refractivity contribution in [3.63, 3.8) is 0 Å². The lowest BCUT2D eigenvalue weighted by molar-refractivity contribution is -0.137. The third kappa shape index (κ3) is 4.02. The molecular weight excluding hydrogens is 380 g/mol. The molecule has 0 saturated carbocycles. The summed E-state index contributed by atoms with van der Waals surface area (Å²) in [5.74, 6) is 0.635. The van der Waals surface area contributed by atoms with Gasteiger partial charge in [-0.15, -0.1) is 11.3 Å². The number of methoxy groups -OCH3 is 1. The molecule has 0 saturated heterocycles. The number of rotatable bonds is 9. The lowest BCUT2D eigenvalue weighted by Crippen LogP contribution is -2.37. The smallest absolute Gasteiger partial charge is 0.278 e. The maximum absolute atomic E-state index is 13.0. The summed E-state index contributed by atoms with van der Waals surface area (Å²) in [6.07, 6.45) is 0. The molecule has 2 amide bonds. The van der Waals surface area contributed by atoms with E-state index in [9.17, 15) is 14.7 Å². The van der Waals surface area contributed by atoms with Crippen LogP contribution in [-0.2, 0) is 9.59 Å². The molecule has 0 fully saturated rings. The Bertz CT molecular complexity index is 861. The van der Waals surface area contributed by atoms with Crippen LogP contribution in [-0.4, -0.2) is 67.2 Å². The van der Waals surface area contributed by atoms with E-state index < -0.39 is 0 Å². The van der Waals surface area contributed by atoms with Gasteiger partial charge in [-0.25, -0.2) is 0 Å². The van der Waals surface area contributed by atoms with Crippen molar-refractivity contribution < 1.29 is 24.2 Å². The summed E-state index contributed by atoms with van der Waals surface area (Å²) in [6, 6.07) is 10.7. The van der Waals surface area contributed by atoms with E-state index in [-0.39, 0.29) is 38.1 Å². The van der Waals surface area contributed by atoms with Crippen molar-refractivity contribution in [2.75, 3.05) is 40.5 Å². The van der Waals surface area contributed by atoms with Crippen molar-refractivity contribution in [3.8, 4) is 11.5 Å². The van der Waals surface area contributed by atoms with Gasteiger partial charge in [-0.1, -0.05) is 6.07 Å². The minimum atomic E-state index is -0.373. The fourth-order valence-electron chi connectivity index (χ4n) is 2.95. The van der Waals surface area contributed by atoms with E-state index in [1.165, 1.54) is 16.2 Å². The molecule has 0 aliphatic carbocycles. The minimum absolute atomic E-state index is 0.111. The van der Waals surface area contributed by atoms with E-state index in [2.05, 4.69) is 0 Å². The van der Waals surface area contributed by atoms with E-state index >= 15 is 0 Å². The Kier molecular flexibility index (Phi) is 6.33. The molecule has 1 aliphatic heterocycles. The topological polar surface area (TPSA) is 79.3 Å². The number of amides is 2. The summed E-state index contributed by atoms with van der Waals surface area (Å²) in [6.45, 7) is 0.465. The molecule has 0 bridgehead atoms. The standard InChI is InChI=1S/C20H22N2O5S/c1-21(9-11-23)18-17(16-4-3-13-28-16)19(24)22(20(18)25)10-12-27-15-7-5-14(26-2)6-8-15/h3-8,13,23H,9-12H2,1-2H3. The Hall–Kier alpha value is -2.84. The largest absolute Gasteiger partial charge is 0.497 e. The molecule has 1 aromatic carbocycles. The molecule has 0 unspecified atom stereocenters. The molecular formula is C20H22N2O5S. The highest BCUT2D eigenvalue weighted by atomic mass is 32.1. The van der Waals surface area contributed by atoms with Crippen molar-refractivity contribution >= 4 is 28.7 Å². The first kappa shape index (κ1) is 19.9. The molecule has 8 heteroatoms. The van der Waals surface area contributed by atoms with Crippen molar-refractivity contribution in [2.24, 2.45) is 0 Å². The number of hydrogen-bond donors (Lipinski definition) is 1. The molecule has 7 nitrogen and oxygen atoms in total. The number of hydrogen-bond acceptors (Lipinski definition) is 7. The van der Waals surface area contributed by atoms with Crippen LogP contribution in [0.1, 0.15) is 4.88 Å². The summed E-state index contributed by atoms with van der Waals surface area (Å²) in [5, 5.41) is 11.1. The van der Waals surface area contributed by atoms with E-state index in [4.69, 9.17) is 9.47 Å². The molecule has 1 aromatic heterocycles. The van der Waals surface area contributed by atoms with E-state index in [0.29, 0.717) is 17.0 Å². The fraction of sp³-hybridized carbons (Fsp3) is 0.300. The monoisotopic (exact) mass is 402 g/mol. The Morgan fingerprint density at radius 3 is 2.43 bits per heavy atom. The average Bonchev–Trinajstić information content (AvgIpc) is 3.30. The van der Waals surface area contributed by atoms with E-state index in [1.807, 2.05) is 17.5 Å². The fourth-order valence-corrected chi connectivity index (χ4v) is 3.71. The normalized spacial score (nSPS) is 14.0. The zero-order valence-corrected chi connectivity index (χ0v) is 16.6. The first-order valence-electron chi connectivity index (χ1n) is 8.80. The van der Waals surface area contributed by atoms with Crippen LogP contribution in [0.5, 0.6) is 11.5 Å². The maximum Gasteiger partial charge on any atom is 0.278 e. The second-order valence-corrected chi connectivity index (χ2v) is 7.08. The molecule has 0 atom stereocenters. The van der Waals surface area contributed by atoms with Gasteiger partial charge in [0.15, 0.2) is 0 Å². The highest BCUT2D eigenvalue weighted by molar-refractivity contribution is 7.11. The van der Waals surface area contributed by atoms with Gasteiger partial charge in [0.2, 0.25) is 0 Å². The number of likely N-dealkylation sites (N-methyl/N-ethyl adjacent to an activating group) is 1. The first-order chi connectivity index (χ1) is 13.6. The maximum atomic E-state index is 13.0. The second kappa shape index (κ2) is 8.90. The highest BCUT2D eigenvalue weighted by Crippen LogP contribution is 2.33. The summed E-state index contributed by atoms with van der Waals surface area (Å²) < 4.78 is 10.8. The third-order valence-electron chi connectivity index (χ3n) is 4.37. The van der Waals surface area contributed by atoms with Crippen LogP contribution < -0.4 is 9.47 Å². The van der Waals surface area contributed by atoms with Gasteiger partial charge in [-0.2, -0.15) is 0 Å². The Morgan fingerprint density at radius 2 is 1.82 bits per heavy atom. The first-order valence-corrected chi connectivity index (χ1v) is 9.68. The number of carbonyl (C=O) groups excluding carboxylic acids is 2. The zero-order chi connectivity index (χ0) is 20.1. The minimum Gasteiger partial charge on any atom is -0.497 e. The average molecular weight is 402 g/mol. The van der Waals surface area contributed by atoms with E-state index in [0.717, 1.165) is 10.6 Å². The number of carbonyl (C=O) groups is 2. The highest BCUT2D eigenvalue weighted by Gasteiger charge is 2.40. The van der Waals surface area contributed by atoms with Crippen molar-refractivity contribution in [1.29, 1.82) is 0 Å². The molecule has 2 heterocycles. The van der Waals surface area contributed by atoms with Gasteiger partial charge in [0.1, 0.15) is 23.8 Å². The number of nitrogens with zero attached hydrogens (tertiary/aromatic N) is 2. The molecule has 0 spiro atoms. The number of benzene rings is 1. The van der Waals surface area contributed by atoms with Crippen LogP contribution in [0.25, 0.3) is 5.57 Å². The number of aliphatic hydroxyl groups is 1. The lowest BCUT2D eigenvalue weighted by atomic mass is 10.2. The van der Waals surface area contributed by atoms with Crippen LogP contribution in [0.3, 0.4) is 0 Å². The van der Waals surface area contributed by atoms with Crippen LogP contribution in [0, 0.1) is 0 Å². The number of imide groups is 1. The molecule has 1 N–H and O–H groups in total. The predicted octanol–water partition coefficient (Wildman–Crippen LogP) is 1.84. The predicted molar refractivity (Wildman–Crippen MR) is 106 cm³/mol. The van der Waals surface area contributed by atoms with Gasteiger partial charge in [-0.05, 0) is 35.7 Å². The van der Waals surface area contributed by atoms with Crippen molar-refractivity contribution in [3.05, 3.63) is 52.4 Å².